The monoisotopic (exact) mass is 258 g/mol. The van der Waals surface area contributed by atoms with Crippen molar-refractivity contribution in [2.24, 2.45) is 5.92 Å². The van der Waals surface area contributed by atoms with E-state index in [1.807, 2.05) is 12.1 Å². The number of pyridine rings is 1. The fraction of sp³-hybridized carbons (Fsp3) is 0.357. The number of methoxy groups -OCH3 is 1. The van der Waals surface area contributed by atoms with Gasteiger partial charge >= 0.3 is 0 Å². The smallest absolute Gasteiger partial charge is 0.212 e. The molecular formula is C14H18N4O. The van der Waals surface area contributed by atoms with E-state index < -0.39 is 0 Å². The van der Waals surface area contributed by atoms with Crippen LogP contribution in [0.15, 0.2) is 24.4 Å². The normalized spacial score (nSPS) is 10.7. The second-order valence-corrected chi connectivity index (χ2v) is 4.79. The minimum absolute atomic E-state index is 0.483. The first-order chi connectivity index (χ1) is 9.08. The molecule has 2 aromatic heterocycles. The van der Waals surface area contributed by atoms with Crippen LogP contribution >= 0.6 is 0 Å². The summed E-state index contributed by atoms with van der Waals surface area (Å²) in [7, 11) is 1.58. The van der Waals surface area contributed by atoms with Gasteiger partial charge in [0.25, 0.3) is 0 Å². The van der Waals surface area contributed by atoms with Crippen LogP contribution < -0.4 is 10.5 Å². The highest BCUT2D eigenvalue weighted by molar-refractivity contribution is 5.56. The van der Waals surface area contributed by atoms with Crippen LogP contribution in [0.25, 0.3) is 11.4 Å². The lowest BCUT2D eigenvalue weighted by molar-refractivity contribution is 0.398. The maximum Gasteiger partial charge on any atom is 0.212 e. The van der Waals surface area contributed by atoms with Crippen molar-refractivity contribution >= 4 is 5.82 Å². The van der Waals surface area contributed by atoms with Gasteiger partial charge in [-0.05, 0) is 18.4 Å². The zero-order chi connectivity index (χ0) is 13.8. The fourth-order valence-corrected chi connectivity index (χ4v) is 1.80. The molecule has 2 N–H and O–H groups in total. The van der Waals surface area contributed by atoms with Crippen molar-refractivity contribution in [3.63, 3.8) is 0 Å². The Hall–Kier alpha value is -2.17. The van der Waals surface area contributed by atoms with E-state index in [4.69, 9.17) is 10.5 Å². The Labute approximate surface area is 112 Å². The molecule has 0 spiro atoms. The molecule has 0 unspecified atom stereocenters. The van der Waals surface area contributed by atoms with E-state index >= 15 is 0 Å². The van der Waals surface area contributed by atoms with Crippen molar-refractivity contribution in [1.82, 2.24) is 15.0 Å². The number of ether oxygens (including phenoxy) is 1. The highest BCUT2D eigenvalue weighted by Gasteiger charge is 2.07. The molecule has 2 heterocycles. The standard InChI is InChI=1S/C14H18N4O/c1-9(2)6-11-7-12(15)18-14(17-11)10-4-5-13(19-3)16-8-10/h4-5,7-9H,6H2,1-3H3,(H2,15,17,18). The van der Waals surface area contributed by atoms with Gasteiger partial charge in [-0.1, -0.05) is 13.8 Å². The average Bonchev–Trinajstić information content (AvgIpc) is 2.37. The van der Waals surface area contributed by atoms with Gasteiger partial charge in [-0.25, -0.2) is 15.0 Å². The SMILES string of the molecule is COc1ccc(-c2nc(N)cc(CC(C)C)n2)cn1. The first-order valence-corrected chi connectivity index (χ1v) is 6.22. The highest BCUT2D eigenvalue weighted by Crippen LogP contribution is 2.19. The van der Waals surface area contributed by atoms with Crippen LogP contribution in [0.4, 0.5) is 5.82 Å². The van der Waals surface area contributed by atoms with Gasteiger partial charge in [0.15, 0.2) is 5.82 Å². The van der Waals surface area contributed by atoms with Crippen LogP contribution in [0.3, 0.4) is 0 Å². The van der Waals surface area contributed by atoms with E-state index in [1.54, 1.807) is 19.4 Å². The summed E-state index contributed by atoms with van der Waals surface area (Å²) in [4.78, 5) is 12.9. The Bertz CT molecular complexity index is 552. The van der Waals surface area contributed by atoms with Crippen LogP contribution in [-0.2, 0) is 6.42 Å². The summed E-state index contributed by atoms with van der Waals surface area (Å²) >= 11 is 0. The summed E-state index contributed by atoms with van der Waals surface area (Å²) in [6, 6.07) is 5.48. The predicted octanol–water partition coefficient (Wildman–Crippen LogP) is 2.33. The average molecular weight is 258 g/mol. The van der Waals surface area contributed by atoms with Crippen molar-refractivity contribution in [2.75, 3.05) is 12.8 Å². The Morgan fingerprint density at radius 3 is 2.63 bits per heavy atom. The van der Waals surface area contributed by atoms with Gasteiger partial charge < -0.3 is 10.5 Å². The fourth-order valence-electron chi connectivity index (χ4n) is 1.80. The summed E-state index contributed by atoms with van der Waals surface area (Å²) in [5.41, 5.74) is 7.62. The molecule has 0 aliphatic carbocycles. The molecular weight excluding hydrogens is 240 g/mol. The molecule has 0 radical (unpaired) electrons. The Morgan fingerprint density at radius 1 is 1.26 bits per heavy atom. The van der Waals surface area contributed by atoms with Crippen LogP contribution in [0.1, 0.15) is 19.5 Å². The van der Waals surface area contributed by atoms with Crippen molar-refractivity contribution in [1.29, 1.82) is 0 Å². The molecule has 5 nitrogen and oxygen atoms in total. The minimum Gasteiger partial charge on any atom is -0.481 e. The molecule has 2 rings (SSSR count). The third kappa shape index (κ3) is 3.40. The Kier molecular flexibility index (Phi) is 3.94. The first kappa shape index (κ1) is 13.3. The Balaban J connectivity index is 2.34. The van der Waals surface area contributed by atoms with Crippen LogP contribution in [-0.4, -0.2) is 22.1 Å². The third-order valence-electron chi connectivity index (χ3n) is 2.62. The van der Waals surface area contributed by atoms with E-state index in [9.17, 15) is 0 Å². The Morgan fingerprint density at radius 2 is 2.05 bits per heavy atom. The third-order valence-corrected chi connectivity index (χ3v) is 2.62. The zero-order valence-electron chi connectivity index (χ0n) is 11.4. The summed E-state index contributed by atoms with van der Waals surface area (Å²) in [6.45, 7) is 4.29. The van der Waals surface area contributed by atoms with Gasteiger partial charge in [0.2, 0.25) is 5.88 Å². The van der Waals surface area contributed by atoms with Gasteiger partial charge in [0.1, 0.15) is 5.82 Å². The largest absolute Gasteiger partial charge is 0.481 e. The molecule has 19 heavy (non-hydrogen) atoms. The molecule has 0 saturated carbocycles. The number of anilines is 1. The number of hydrogen-bond acceptors (Lipinski definition) is 5. The number of nitrogens with zero attached hydrogens (tertiary/aromatic N) is 3. The van der Waals surface area contributed by atoms with E-state index in [2.05, 4.69) is 28.8 Å². The van der Waals surface area contributed by atoms with Gasteiger partial charge in [-0.3, -0.25) is 0 Å². The molecule has 0 aliphatic heterocycles. The van der Waals surface area contributed by atoms with E-state index in [0.29, 0.717) is 23.4 Å². The summed E-state index contributed by atoms with van der Waals surface area (Å²) in [5.74, 6) is 2.17. The van der Waals surface area contributed by atoms with Crippen molar-refractivity contribution in [3.05, 3.63) is 30.1 Å². The predicted molar refractivity (Wildman–Crippen MR) is 74.8 cm³/mol. The maximum atomic E-state index is 5.83. The summed E-state index contributed by atoms with van der Waals surface area (Å²) < 4.78 is 5.03. The molecule has 0 saturated heterocycles. The lowest BCUT2D eigenvalue weighted by atomic mass is 10.1. The van der Waals surface area contributed by atoms with E-state index in [0.717, 1.165) is 17.7 Å². The van der Waals surface area contributed by atoms with Gasteiger partial charge in [0.05, 0.1) is 7.11 Å². The van der Waals surface area contributed by atoms with Crippen molar-refractivity contribution in [2.45, 2.75) is 20.3 Å². The highest BCUT2D eigenvalue weighted by atomic mass is 16.5. The zero-order valence-corrected chi connectivity index (χ0v) is 11.4. The second-order valence-electron chi connectivity index (χ2n) is 4.79. The maximum absolute atomic E-state index is 5.83. The quantitative estimate of drug-likeness (QED) is 0.911. The first-order valence-electron chi connectivity index (χ1n) is 6.22. The number of rotatable bonds is 4. The number of aromatic nitrogens is 3. The summed E-state index contributed by atoms with van der Waals surface area (Å²) in [6.07, 6.45) is 2.57. The van der Waals surface area contributed by atoms with Crippen molar-refractivity contribution in [3.8, 4) is 17.3 Å². The molecule has 0 bridgehead atoms. The van der Waals surface area contributed by atoms with Gasteiger partial charge in [0, 0.05) is 29.6 Å². The minimum atomic E-state index is 0.483. The molecule has 100 valence electrons. The molecule has 0 fully saturated rings. The number of hydrogen-bond donors (Lipinski definition) is 1. The summed E-state index contributed by atoms with van der Waals surface area (Å²) in [5, 5.41) is 0. The number of nitrogen functional groups attached to an aromatic ring is 1. The lowest BCUT2D eigenvalue weighted by Crippen LogP contribution is -2.03. The molecule has 5 heteroatoms. The van der Waals surface area contributed by atoms with Gasteiger partial charge in [-0.2, -0.15) is 0 Å². The van der Waals surface area contributed by atoms with Crippen molar-refractivity contribution < 1.29 is 4.74 Å². The topological polar surface area (TPSA) is 73.9 Å². The van der Waals surface area contributed by atoms with E-state index in [-0.39, 0.29) is 0 Å². The van der Waals surface area contributed by atoms with E-state index in [1.165, 1.54) is 0 Å². The lowest BCUT2D eigenvalue weighted by Gasteiger charge is -2.08. The molecule has 0 aliphatic rings. The molecule has 2 aromatic rings. The second kappa shape index (κ2) is 5.65. The molecule has 0 atom stereocenters. The van der Waals surface area contributed by atoms with Gasteiger partial charge in [-0.15, -0.1) is 0 Å². The van der Waals surface area contributed by atoms with Crippen LogP contribution in [0, 0.1) is 5.92 Å². The van der Waals surface area contributed by atoms with Crippen LogP contribution in [0.2, 0.25) is 0 Å². The van der Waals surface area contributed by atoms with Crippen LogP contribution in [0.5, 0.6) is 5.88 Å². The molecule has 0 amide bonds. The molecule has 0 aromatic carbocycles. The number of nitrogens with two attached hydrogens (primary N) is 1.